The number of esters is 1. The van der Waals surface area contributed by atoms with Crippen molar-refractivity contribution in [2.45, 2.75) is 52.2 Å². The summed E-state index contributed by atoms with van der Waals surface area (Å²) in [6, 6.07) is 0. The smallest absolute Gasteiger partial charge is 0.310 e. The van der Waals surface area contributed by atoms with Gasteiger partial charge in [0.1, 0.15) is 0 Å². The van der Waals surface area contributed by atoms with Crippen LogP contribution in [0.4, 0.5) is 0 Å². The van der Waals surface area contributed by atoms with Crippen molar-refractivity contribution in [3.05, 3.63) is 0 Å². The zero-order valence-corrected chi connectivity index (χ0v) is 13.9. The lowest BCUT2D eigenvalue weighted by Gasteiger charge is -2.28. The van der Waals surface area contributed by atoms with Gasteiger partial charge < -0.3 is 4.74 Å². The zero-order chi connectivity index (χ0) is 15.6. The molecule has 1 N–H and O–H groups in total. The van der Waals surface area contributed by atoms with Gasteiger partial charge in [0.25, 0.3) is 0 Å². The molecule has 0 aromatic rings. The van der Waals surface area contributed by atoms with Crippen molar-refractivity contribution in [1.82, 2.24) is 4.72 Å². The van der Waals surface area contributed by atoms with E-state index in [4.69, 9.17) is 4.74 Å². The van der Waals surface area contributed by atoms with Crippen LogP contribution >= 0.6 is 0 Å². The van der Waals surface area contributed by atoms with Gasteiger partial charge in [-0.3, -0.25) is 4.79 Å². The summed E-state index contributed by atoms with van der Waals surface area (Å²) in [4.78, 5) is 11.7. The molecule has 1 aliphatic carbocycles. The molecule has 0 aromatic heterocycles. The monoisotopic (exact) mass is 305 g/mol. The van der Waals surface area contributed by atoms with E-state index in [0.717, 1.165) is 6.42 Å². The molecule has 0 saturated heterocycles. The summed E-state index contributed by atoms with van der Waals surface area (Å²) in [7, 11) is -2.17. The van der Waals surface area contributed by atoms with E-state index >= 15 is 0 Å². The number of rotatable bonds is 5. The first kappa shape index (κ1) is 17.4. The van der Waals surface area contributed by atoms with E-state index in [1.54, 1.807) is 0 Å². The second kappa shape index (κ2) is 6.43. The molecule has 0 aromatic carbocycles. The first-order chi connectivity index (χ1) is 9.09. The number of carbonyl (C=O) groups is 1. The van der Waals surface area contributed by atoms with Gasteiger partial charge in [-0.15, -0.1) is 0 Å². The van der Waals surface area contributed by atoms with Crippen LogP contribution in [-0.2, 0) is 19.6 Å². The van der Waals surface area contributed by atoms with Gasteiger partial charge in [-0.1, -0.05) is 34.1 Å². The van der Waals surface area contributed by atoms with E-state index in [2.05, 4.69) is 25.5 Å². The molecule has 3 unspecified atom stereocenters. The van der Waals surface area contributed by atoms with Gasteiger partial charge in [0.05, 0.1) is 18.3 Å². The van der Waals surface area contributed by atoms with Crippen LogP contribution in [0.2, 0.25) is 0 Å². The predicted molar refractivity (Wildman–Crippen MR) is 78.7 cm³/mol. The summed E-state index contributed by atoms with van der Waals surface area (Å²) in [5.41, 5.74) is 0.0416. The average molecular weight is 305 g/mol. The van der Waals surface area contributed by atoms with Crippen molar-refractivity contribution in [1.29, 1.82) is 0 Å². The lowest BCUT2D eigenvalue weighted by molar-refractivity contribution is -0.145. The van der Waals surface area contributed by atoms with Crippen LogP contribution in [0.15, 0.2) is 0 Å². The van der Waals surface area contributed by atoms with Gasteiger partial charge >= 0.3 is 5.97 Å². The number of nitrogens with one attached hydrogen (secondary N) is 1. The maximum absolute atomic E-state index is 12.4. The first-order valence-corrected chi connectivity index (χ1v) is 8.70. The Morgan fingerprint density at radius 3 is 2.45 bits per heavy atom. The minimum Gasteiger partial charge on any atom is -0.469 e. The topological polar surface area (TPSA) is 72.5 Å². The molecule has 0 heterocycles. The van der Waals surface area contributed by atoms with E-state index in [0.29, 0.717) is 19.4 Å². The van der Waals surface area contributed by atoms with E-state index in [1.807, 2.05) is 6.92 Å². The molecule has 1 saturated carbocycles. The Kier molecular flexibility index (Phi) is 5.61. The quantitative estimate of drug-likeness (QED) is 0.788. The molecule has 0 bridgehead atoms. The van der Waals surface area contributed by atoms with Gasteiger partial charge in [-0.2, -0.15) is 0 Å². The highest BCUT2D eigenvalue weighted by atomic mass is 32.2. The molecule has 3 atom stereocenters. The first-order valence-electron chi connectivity index (χ1n) is 7.16. The van der Waals surface area contributed by atoms with E-state index < -0.39 is 27.2 Å². The largest absolute Gasteiger partial charge is 0.469 e. The highest BCUT2D eigenvalue weighted by Crippen LogP contribution is 2.32. The molecule has 20 heavy (non-hydrogen) atoms. The molecular formula is C14H27NO4S. The number of sulfonamides is 1. The van der Waals surface area contributed by atoms with Crippen molar-refractivity contribution < 1.29 is 17.9 Å². The van der Waals surface area contributed by atoms with Crippen LogP contribution in [0.3, 0.4) is 0 Å². The molecular weight excluding hydrogens is 278 g/mol. The fourth-order valence-corrected chi connectivity index (χ4v) is 4.23. The normalized spacial score (nSPS) is 25.4. The molecule has 1 rings (SSSR count). The third-order valence-electron chi connectivity index (χ3n) is 4.42. The highest BCUT2D eigenvalue weighted by molar-refractivity contribution is 7.90. The van der Waals surface area contributed by atoms with Crippen LogP contribution in [0.5, 0.6) is 0 Å². The molecule has 1 fully saturated rings. The molecule has 0 spiro atoms. The summed E-state index contributed by atoms with van der Waals surface area (Å²) in [6.07, 6.45) is 1.87. The molecule has 0 amide bonds. The van der Waals surface area contributed by atoms with Crippen molar-refractivity contribution in [3.8, 4) is 0 Å². The maximum Gasteiger partial charge on any atom is 0.310 e. The van der Waals surface area contributed by atoms with E-state index in [1.165, 1.54) is 7.11 Å². The van der Waals surface area contributed by atoms with Crippen LogP contribution < -0.4 is 4.72 Å². The Morgan fingerprint density at radius 1 is 1.35 bits per heavy atom. The Hall–Kier alpha value is -0.620. The number of hydrogen-bond acceptors (Lipinski definition) is 4. The molecule has 5 nitrogen and oxygen atoms in total. The van der Waals surface area contributed by atoms with Gasteiger partial charge in [0.15, 0.2) is 0 Å². The van der Waals surface area contributed by atoms with Gasteiger partial charge in [0.2, 0.25) is 10.0 Å². The Bertz CT molecular complexity index is 439. The average Bonchev–Trinajstić information content (AvgIpc) is 2.83. The fraction of sp³-hybridized carbons (Fsp3) is 0.929. The summed E-state index contributed by atoms with van der Waals surface area (Å²) in [5.74, 6) is -0.723. The van der Waals surface area contributed by atoms with Crippen molar-refractivity contribution >= 4 is 16.0 Å². The Morgan fingerprint density at radius 2 is 1.95 bits per heavy atom. The number of methoxy groups -OCH3 is 1. The number of carbonyl (C=O) groups excluding carboxylic acids is 1. The molecule has 0 aliphatic heterocycles. The van der Waals surface area contributed by atoms with E-state index in [-0.39, 0.29) is 11.3 Å². The summed E-state index contributed by atoms with van der Waals surface area (Å²) in [5, 5.41) is -0.651. The number of hydrogen-bond donors (Lipinski definition) is 1. The van der Waals surface area contributed by atoms with Crippen molar-refractivity contribution in [3.63, 3.8) is 0 Å². The minimum absolute atomic E-state index is 0.0416. The summed E-state index contributed by atoms with van der Waals surface area (Å²) < 4.78 is 32.1. The second-order valence-corrected chi connectivity index (χ2v) is 8.74. The lowest BCUT2D eigenvalue weighted by atomic mass is 9.82. The van der Waals surface area contributed by atoms with Crippen LogP contribution in [0, 0.1) is 17.3 Å². The predicted octanol–water partition coefficient (Wildman–Crippen LogP) is 1.93. The SMILES string of the molecule is COC(=O)C1CCCC1S(=O)(=O)NCC(C)C(C)(C)C. The fourth-order valence-electron chi connectivity index (χ4n) is 2.37. The van der Waals surface area contributed by atoms with Gasteiger partial charge in [0, 0.05) is 6.54 Å². The maximum atomic E-state index is 12.4. The lowest BCUT2D eigenvalue weighted by Crippen LogP contribution is -2.42. The standard InChI is InChI=1S/C14H27NO4S/c1-10(14(2,3)4)9-15-20(17,18)12-8-6-7-11(12)13(16)19-5/h10-12,15H,6-9H2,1-5H3. The zero-order valence-electron chi connectivity index (χ0n) is 13.1. The van der Waals surface area contributed by atoms with E-state index in [9.17, 15) is 13.2 Å². The third kappa shape index (κ3) is 4.19. The number of ether oxygens (including phenoxy) is 1. The third-order valence-corrected chi connectivity index (χ3v) is 6.35. The van der Waals surface area contributed by atoms with Crippen molar-refractivity contribution in [2.75, 3.05) is 13.7 Å². The second-order valence-electron chi connectivity index (χ2n) is 6.76. The van der Waals surface area contributed by atoms with Crippen LogP contribution in [0.25, 0.3) is 0 Å². The van der Waals surface area contributed by atoms with Gasteiger partial charge in [-0.25, -0.2) is 13.1 Å². The van der Waals surface area contributed by atoms with Gasteiger partial charge in [-0.05, 0) is 24.2 Å². The summed E-state index contributed by atoms with van der Waals surface area (Å²) >= 11 is 0. The Balaban J connectivity index is 2.71. The van der Waals surface area contributed by atoms with Crippen LogP contribution in [0.1, 0.15) is 47.0 Å². The summed E-state index contributed by atoms with van der Waals surface area (Å²) in [6.45, 7) is 8.67. The van der Waals surface area contributed by atoms with Crippen LogP contribution in [-0.4, -0.2) is 33.3 Å². The minimum atomic E-state index is -3.47. The highest BCUT2D eigenvalue weighted by Gasteiger charge is 2.42. The molecule has 1 aliphatic rings. The van der Waals surface area contributed by atoms with Crippen molar-refractivity contribution in [2.24, 2.45) is 17.3 Å². The molecule has 6 heteroatoms. The molecule has 0 radical (unpaired) electrons. The Labute approximate surface area is 122 Å². The molecule has 118 valence electrons.